The van der Waals surface area contributed by atoms with Gasteiger partial charge in [0.05, 0.1) is 30.1 Å². The molecule has 0 aliphatic carbocycles. The minimum atomic E-state index is -0.00955. The van der Waals surface area contributed by atoms with E-state index < -0.39 is 0 Å². The quantitative estimate of drug-likeness (QED) is 0.627. The third-order valence-electron chi connectivity index (χ3n) is 5.09. The summed E-state index contributed by atoms with van der Waals surface area (Å²) in [4.78, 5) is 17.1. The standard InChI is InChI=1S/C22H27N5O2S/c1-16(2)29-18-8-6-17(7-9-18)14-26-10-12-27(13-11-26)15-21(28)23-19-4-3-5-20-22(19)25-30-24-20/h3-9,16H,10-15H2,1-2H3,(H,23,28). The summed E-state index contributed by atoms with van der Waals surface area (Å²) in [6, 6.07) is 14.0. The molecule has 0 saturated carbocycles. The second kappa shape index (κ2) is 9.51. The summed E-state index contributed by atoms with van der Waals surface area (Å²) >= 11 is 1.16. The normalized spacial score (nSPS) is 15.6. The van der Waals surface area contributed by atoms with Gasteiger partial charge in [0.2, 0.25) is 5.91 Å². The highest BCUT2D eigenvalue weighted by Gasteiger charge is 2.19. The van der Waals surface area contributed by atoms with Gasteiger partial charge in [-0.3, -0.25) is 14.6 Å². The summed E-state index contributed by atoms with van der Waals surface area (Å²) in [6.45, 7) is 9.03. The number of anilines is 1. The number of carbonyl (C=O) groups is 1. The zero-order chi connectivity index (χ0) is 20.9. The van der Waals surface area contributed by atoms with E-state index in [1.807, 2.05) is 44.2 Å². The fraction of sp³-hybridized carbons (Fsp3) is 0.409. The highest BCUT2D eigenvalue weighted by Crippen LogP contribution is 2.21. The third-order valence-corrected chi connectivity index (χ3v) is 5.64. The van der Waals surface area contributed by atoms with Crippen molar-refractivity contribution in [1.29, 1.82) is 0 Å². The van der Waals surface area contributed by atoms with Crippen molar-refractivity contribution in [3.05, 3.63) is 48.0 Å². The second-order valence-electron chi connectivity index (χ2n) is 7.85. The molecule has 1 aromatic heterocycles. The number of nitrogens with zero attached hydrogens (tertiary/aromatic N) is 4. The van der Waals surface area contributed by atoms with E-state index in [2.05, 4.69) is 36.0 Å². The zero-order valence-corrected chi connectivity index (χ0v) is 18.2. The Bertz CT molecular complexity index is 981. The smallest absolute Gasteiger partial charge is 0.238 e. The summed E-state index contributed by atoms with van der Waals surface area (Å²) in [5, 5.41) is 2.99. The molecule has 4 rings (SSSR count). The Hall–Kier alpha value is -2.55. The van der Waals surface area contributed by atoms with E-state index in [0.29, 0.717) is 6.54 Å². The van der Waals surface area contributed by atoms with Gasteiger partial charge >= 0.3 is 0 Å². The van der Waals surface area contributed by atoms with Gasteiger partial charge in [-0.1, -0.05) is 18.2 Å². The van der Waals surface area contributed by atoms with E-state index in [-0.39, 0.29) is 12.0 Å². The molecule has 2 heterocycles. The van der Waals surface area contributed by atoms with Crippen LogP contribution in [0.2, 0.25) is 0 Å². The molecule has 2 aromatic carbocycles. The Kier molecular flexibility index (Phi) is 6.56. The van der Waals surface area contributed by atoms with Crippen molar-refractivity contribution in [2.24, 2.45) is 0 Å². The number of hydrogen-bond acceptors (Lipinski definition) is 7. The Morgan fingerprint density at radius 1 is 1.07 bits per heavy atom. The molecular weight excluding hydrogens is 398 g/mol. The molecule has 1 saturated heterocycles. The summed E-state index contributed by atoms with van der Waals surface area (Å²) in [7, 11) is 0. The highest BCUT2D eigenvalue weighted by molar-refractivity contribution is 7.00. The predicted molar refractivity (Wildman–Crippen MR) is 120 cm³/mol. The average Bonchev–Trinajstić information content (AvgIpc) is 3.20. The number of aromatic nitrogens is 2. The van der Waals surface area contributed by atoms with Crippen LogP contribution in [0.25, 0.3) is 11.0 Å². The summed E-state index contributed by atoms with van der Waals surface area (Å²) < 4.78 is 14.2. The predicted octanol–water partition coefficient (Wildman–Crippen LogP) is 3.23. The van der Waals surface area contributed by atoms with Gasteiger partial charge in [0.1, 0.15) is 16.8 Å². The Balaban J connectivity index is 1.23. The van der Waals surface area contributed by atoms with Gasteiger partial charge in [0, 0.05) is 32.7 Å². The van der Waals surface area contributed by atoms with Gasteiger partial charge in [-0.05, 0) is 43.7 Å². The minimum absolute atomic E-state index is 0.00955. The van der Waals surface area contributed by atoms with Crippen LogP contribution in [0.5, 0.6) is 5.75 Å². The number of fused-ring (bicyclic) bond motifs is 1. The van der Waals surface area contributed by atoms with E-state index in [1.165, 1.54) is 5.56 Å². The number of nitrogens with one attached hydrogen (secondary N) is 1. The maximum atomic E-state index is 12.5. The Morgan fingerprint density at radius 3 is 2.53 bits per heavy atom. The molecule has 1 aliphatic heterocycles. The first kappa shape index (κ1) is 20.7. The van der Waals surface area contributed by atoms with Crippen LogP contribution in [0.15, 0.2) is 42.5 Å². The van der Waals surface area contributed by atoms with Gasteiger partial charge < -0.3 is 10.1 Å². The molecule has 0 unspecified atom stereocenters. The van der Waals surface area contributed by atoms with Crippen molar-refractivity contribution >= 4 is 34.4 Å². The van der Waals surface area contributed by atoms with Crippen LogP contribution in [0.1, 0.15) is 19.4 Å². The topological polar surface area (TPSA) is 70.6 Å². The molecule has 0 spiro atoms. The SMILES string of the molecule is CC(C)Oc1ccc(CN2CCN(CC(=O)Nc3cccc4nsnc34)CC2)cc1. The Labute approximate surface area is 181 Å². The molecule has 158 valence electrons. The van der Waals surface area contributed by atoms with Crippen LogP contribution >= 0.6 is 11.7 Å². The molecule has 1 fully saturated rings. The largest absolute Gasteiger partial charge is 0.491 e. The molecule has 8 heteroatoms. The molecule has 1 N–H and O–H groups in total. The molecular formula is C22H27N5O2S. The Morgan fingerprint density at radius 2 is 1.80 bits per heavy atom. The fourth-order valence-electron chi connectivity index (χ4n) is 3.61. The maximum absolute atomic E-state index is 12.5. The molecule has 1 aliphatic rings. The number of hydrogen-bond donors (Lipinski definition) is 1. The number of amides is 1. The first-order valence-electron chi connectivity index (χ1n) is 10.3. The molecule has 30 heavy (non-hydrogen) atoms. The second-order valence-corrected chi connectivity index (χ2v) is 8.38. The van der Waals surface area contributed by atoms with Gasteiger partial charge in [-0.15, -0.1) is 0 Å². The first-order valence-corrected chi connectivity index (χ1v) is 11.0. The van der Waals surface area contributed by atoms with Crippen molar-refractivity contribution in [3.63, 3.8) is 0 Å². The monoisotopic (exact) mass is 425 g/mol. The van der Waals surface area contributed by atoms with Crippen LogP contribution in [0, 0.1) is 0 Å². The average molecular weight is 426 g/mol. The summed E-state index contributed by atoms with van der Waals surface area (Å²) in [6.07, 6.45) is 0.187. The van der Waals surface area contributed by atoms with Crippen molar-refractivity contribution in [2.45, 2.75) is 26.5 Å². The zero-order valence-electron chi connectivity index (χ0n) is 17.4. The van der Waals surface area contributed by atoms with Gasteiger partial charge in [0.15, 0.2) is 0 Å². The lowest BCUT2D eigenvalue weighted by atomic mass is 10.2. The van der Waals surface area contributed by atoms with Crippen molar-refractivity contribution < 1.29 is 9.53 Å². The minimum Gasteiger partial charge on any atom is -0.491 e. The van der Waals surface area contributed by atoms with E-state index in [0.717, 1.165) is 66.9 Å². The summed E-state index contributed by atoms with van der Waals surface area (Å²) in [5.41, 5.74) is 3.58. The molecule has 7 nitrogen and oxygen atoms in total. The van der Waals surface area contributed by atoms with E-state index in [1.54, 1.807) is 0 Å². The number of benzene rings is 2. The number of piperazine rings is 1. The van der Waals surface area contributed by atoms with E-state index >= 15 is 0 Å². The molecule has 0 bridgehead atoms. The number of ether oxygens (including phenoxy) is 1. The lowest BCUT2D eigenvalue weighted by Gasteiger charge is -2.34. The van der Waals surface area contributed by atoms with E-state index in [9.17, 15) is 4.79 Å². The lowest BCUT2D eigenvalue weighted by Crippen LogP contribution is -2.48. The third kappa shape index (κ3) is 5.33. The fourth-order valence-corrected chi connectivity index (χ4v) is 4.16. The maximum Gasteiger partial charge on any atom is 0.238 e. The molecule has 0 radical (unpaired) electrons. The molecule has 1 amide bonds. The van der Waals surface area contributed by atoms with Crippen LogP contribution in [0.4, 0.5) is 5.69 Å². The van der Waals surface area contributed by atoms with Crippen molar-refractivity contribution in [2.75, 3.05) is 38.0 Å². The van der Waals surface area contributed by atoms with E-state index in [4.69, 9.17) is 4.74 Å². The molecule has 3 aromatic rings. The lowest BCUT2D eigenvalue weighted by molar-refractivity contribution is -0.117. The number of carbonyl (C=O) groups excluding carboxylic acids is 1. The van der Waals surface area contributed by atoms with Gasteiger partial charge in [-0.25, -0.2) is 0 Å². The van der Waals surface area contributed by atoms with Crippen molar-refractivity contribution in [1.82, 2.24) is 18.5 Å². The van der Waals surface area contributed by atoms with Gasteiger partial charge in [0.25, 0.3) is 0 Å². The first-order chi connectivity index (χ1) is 14.6. The highest BCUT2D eigenvalue weighted by atomic mass is 32.1. The van der Waals surface area contributed by atoms with Crippen LogP contribution in [-0.2, 0) is 11.3 Å². The number of rotatable bonds is 7. The van der Waals surface area contributed by atoms with Crippen LogP contribution < -0.4 is 10.1 Å². The van der Waals surface area contributed by atoms with Gasteiger partial charge in [-0.2, -0.15) is 8.75 Å². The summed E-state index contributed by atoms with van der Waals surface area (Å²) in [5.74, 6) is 0.901. The van der Waals surface area contributed by atoms with Crippen LogP contribution in [0.3, 0.4) is 0 Å². The van der Waals surface area contributed by atoms with Crippen LogP contribution in [-0.4, -0.2) is 63.3 Å². The van der Waals surface area contributed by atoms with Crippen molar-refractivity contribution in [3.8, 4) is 5.75 Å². The molecule has 0 atom stereocenters.